The number of hydrogen-bond donors (Lipinski definition) is 0. The van der Waals surface area contributed by atoms with Crippen LogP contribution in [0.5, 0.6) is 0 Å². The van der Waals surface area contributed by atoms with Gasteiger partial charge < -0.3 is 4.42 Å². The van der Waals surface area contributed by atoms with Gasteiger partial charge in [-0.05, 0) is 55.1 Å². The van der Waals surface area contributed by atoms with Crippen LogP contribution < -0.4 is 9.13 Å². The van der Waals surface area contributed by atoms with Gasteiger partial charge in [-0.15, -0.1) is 0 Å². The number of para-hydroxylation sites is 1. The van der Waals surface area contributed by atoms with Crippen molar-refractivity contribution in [3.8, 4) is 22.8 Å². The molecule has 0 aliphatic carbocycles. The quantitative estimate of drug-likeness (QED) is 0.243. The van der Waals surface area contributed by atoms with Crippen molar-refractivity contribution < 1.29 is 13.6 Å². The Labute approximate surface area is 248 Å². The van der Waals surface area contributed by atoms with Crippen LogP contribution in [-0.2, 0) is 12.1 Å². The fourth-order valence-electron chi connectivity index (χ4n) is 8.08. The van der Waals surface area contributed by atoms with Crippen LogP contribution >= 0.6 is 0 Å². The maximum atomic E-state index is 6.39. The number of benzene rings is 2. The van der Waals surface area contributed by atoms with Crippen LogP contribution in [0.15, 0.2) is 89.7 Å². The zero-order chi connectivity index (χ0) is 28.9. The first-order valence-electron chi connectivity index (χ1n) is 15.2. The molecule has 0 saturated carbocycles. The maximum absolute atomic E-state index is 6.39. The molecule has 210 valence electrons. The summed E-state index contributed by atoms with van der Waals surface area (Å²) in [7, 11) is 0. The van der Waals surface area contributed by atoms with Crippen molar-refractivity contribution in [3.05, 3.63) is 96.7 Å². The van der Waals surface area contributed by atoms with E-state index in [1.165, 1.54) is 11.1 Å². The molecule has 2 aromatic carbocycles. The topological polar surface area (TPSA) is 77.4 Å². The second-order valence-electron chi connectivity index (χ2n) is 11.9. The molecule has 2 atom stereocenters. The highest BCUT2D eigenvalue weighted by molar-refractivity contribution is 6.13. The van der Waals surface area contributed by atoms with Crippen LogP contribution in [0.25, 0.3) is 55.9 Å². The van der Waals surface area contributed by atoms with Crippen molar-refractivity contribution in [3.63, 3.8) is 0 Å². The molecule has 0 bridgehead atoms. The lowest BCUT2D eigenvalue weighted by Crippen LogP contribution is -2.56. The molecule has 9 rings (SSSR count). The van der Waals surface area contributed by atoms with Crippen molar-refractivity contribution in [2.75, 3.05) is 0 Å². The van der Waals surface area contributed by atoms with Crippen LogP contribution in [0.1, 0.15) is 44.1 Å². The third-order valence-corrected chi connectivity index (χ3v) is 10.0. The van der Waals surface area contributed by atoms with Gasteiger partial charge in [0.05, 0.1) is 17.7 Å². The van der Waals surface area contributed by atoms with Crippen molar-refractivity contribution in [1.82, 2.24) is 24.7 Å². The highest BCUT2D eigenvalue weighted by atomic mass is 16.3. The summed E-state index contributed by atoms with van der Waals surface area (Å²) in [6, 6.07) is 23.1. The standard InChI is InChI=1S/C35H31N7O/c1-4-35(5-2)24(20-40-18-9-8-13-26(40)34-38-21(3)39-42(34)35)32-23-15-16-29-31(22-11-6-7-14-28(22)43-29)30(23)27-19-37-25-12-10-17-36-33(25)41(27)32/h6-19,24,32H,4-5,20H2,1-3H3/q+2. The Bertz CT molecular complexity index is 2240. The van der Waals surface area contributed by atoms with Gasteiger partial charge in [0.25, 0.3) is 0 Å². The molecule has 8 heteroatoms. The summed E-state index contributed by atoms with van der Waals surface area (Å²) in [5.41, 5.74) is 7.87. The molecule has 2 unspecified atom stereocenters. The zero-order valence-electron chi connectivity index (χ0n) is 24.4. The Kier molecular flexibility index (Phi) is 5.02. The van der Waals surface area contributed by atoms with Crippen molar-refractivity contribution in [1.29, 1.82) is 0 Å². The smallest absolute Gasteiger partial charge is 0.349 e. The van der Waals surface area contributed by atoms with E-state index in [9.17, 15) is 0 Å². The third kappa shape index (κ3) is 3.15. The summed E-state index contributed by atoms with van der Waals surface area (Å²) in [4.78, 5) is 14.9. The van der Waals surface area contributed by atoms with Gasteiger partial charge in [0, 0.05) is 34.0 Å². The van der Waals surface area contributed by atoms with Crippen molar-refractivity contribution >= 4 is 33.1 Å². The Morgan fingerprint density at radius 2 is 1.79 bits per heavy atom. The molecule has 7 aromatic rings. The first-order valence-corrected chi connectivity index (χ1v) is 15.2. The monoisotopic (exact) mass is 565 g/mol. The van der Waals surface area contributed by atoms with Crippen LogP contribution in [-0.4, -0.2) is 24.7 Å². The molecule has 7 heterocycles. The largest absolute Gasteiger partial charge is 0.456 e. The maximum Gasteiger partial charge on any atom is 0.349 e. The first kappa shape index (κ1) is 24.6. The number of hydrogen-bond acceptors (Lipinski definition) is 5. The molecular weight excluding hydrogens is 534 g/mol. The number of pyridine rings is 2. The van der Waals surface area contributed by atoms with E-state index in [-0.39, 0.29) is 17.5 Å². The Balaban J connectivity index is 1.42. The van der Waals surface area contributed by atoms with Gasteiger partial charge in [-0.3, -0.25) is 0 Å². The molecule has 0 amide bonds. The van der Waals surface area contributed by atoms with Crippen molar-refractivity contribution in [2.24, 2.45) is 5.92 Å². The number of nitrogens with zero attached hydrogens (tertiary/aromatic N) is 7. The lowest BCUT2D eigenvalue weighted by Gasteiger charge is -2.39. The van der Waals surface area contributed by atoms with Crippen LogP contribution in [0, 0.1) is 12.8 Å². The molecule has 0 fully saturated rings. The SMILES string of the molecule is CCC1(CC)C(C2c3ccc4oc5ccccc5c4c3-c3cnc4cccnc4[n+]32)C[n+]2ccccc2-c2nc(C)nn21. The number of aryl methyl sites for hydroxylation is 1. The van der Waals surface area contributed by atoms with Gasteiger partial charge in [0.2, 0.25) is 11.5 Å². The Hall–Kier alpha value is -4.98. The van der Waals surface area contributed by atoms with Crippen LogP contribution in [0.2, 0.25) is 0 Å². The third-order valence-electron chi connectivity index (χ3n) is 10.0. The van der Waals surface area contributed by atoms with Gasteiger partial charge in [-0.2, -0.15) is 9.67 Å². The van der Waals surface area contributed by atoms with Gasteiger partial charge >= 0.3 is 5.65 Å². The minimum Gasteiger partial charge on any atom is -0.456 e. The molecule has 43 heavy (non-hydrogen) atoms. The molecule has 5 aromatic heterocycles. The molecule has 0 N–H and O–H groups in total. The first-order chi connectivity index (χ1) is 21.1. The minimum absolute atomic E-state index is 0.0284. The van der Waals surface area contributed by atoms with E-state index in [1.807, 2.05) is 31.5 Å². The van der Waals surface area contributed by atoms with Gasteiger partial charge in [-0.25, -0.2) is 19.2 Å². The molecule has 2 aliphatic rings. The van der Waals surface area contributed by atoms with Gasteiger partial charge in [-0.1, -0.05) is 38.1 Å². The van der Waals surface area contributed by atoms with Crippen molar-refractivity contribution in [2.45, 2.75) is 51.7 Å². The lowest BCUT2D eigenvalue weighted by atomic mass is 9.73. The van der Waals surface area contributed by atoms with E-state index in [1.54, 1.807) is 0 Å². The van der Waals surface area contributed by atoms with E-state index in [0.717, 1.165) is 75.5 Å². The predicted molar refractivity (Wildman–Crippen MR) is 163 cm³/mol. The van der Waals surface area contributed by atoms with E-state index < -0.39 is 0 Å². The number of aromatic nitrogens is 7. The lowest BCUT2D eigenvalue weighted by molar-refractivity contribution is -0.726. The summed E-state index contributed by atoms with van der Waals surface area (Å²) < 4.78 is 13.5. The molecule has 2 aliphatic heterocycles. The van der Waals surface area contributed by atoms with Crippen LogP contribution in [0.4, 0.5) is 0 Å². The average Bonchev–Trinajstić information content (AvgIpc) is 3.70. The Morgan fingerprint density at radius 3 is 2.67 bits per heavy atom. The summed E-state index contributed by atoms with van der Waals surface area (Å²) in [5, 5.41) is 7.38. The predicted octanol–water partition coefficient (Wildman–Crippen LogP) is 6.09. The van der Waals surface area contributed by atoms with E-state index >= 15 is 0 Å². The normalized spacial score (nSPS) is 18.4. The minimum atomic E-state index is -0.309. The summed E-state index contributed by atoms with van der Waals surface area (Å²) in [6.07, 6.45) is 7.92. The second-order valence-corrected chi connectivity index (χ2v) is 11.9. The van der Waals surface area contributed by atoms with E-state index in [2.05, 4.69) is 88.5 Å². The van der Waals surface area contributed by atoms with E-state index in [4.69, 9.17) is 24.5 Å². The molecular formula is C35H31N7O+2. The van der Waals surface area contributed by atoms with Gasteiger partial charge in [0.15, 0.2) is 24.0 Å². The fraction of sp³-hybridized carbons (Fsp3) is 0.257. The Morgan fingerprint density at radius 1 is 0.930 bits per heavy atom. The molecule has 0 spiro atoms. The van der Waals surface area contributed by atoms with Gasteiger partial charge in [0.1, 0.15) is 29.2 Å². The van der Waals surface area contributed by atoms with Crippen LogP contribution in [0.3, 0.4) is 0 Å². The molecule has 0 radical (unpaired) electrons. The summed E-state index contributed by atoms with van der Waals surface area (Å²) in [6.45, 7) is 7.40. The highest BCUT2D eigenvalue weighted by Crippen LogP contribution is 2.51. The van der Waals surface area contributed by atoms with E-state index in [0.29, 0.717) is 0 Å². The zero-order valence-corrected chi connectivity index (χ0v) is 24.4. The number of furan rings is 1. The average molecular weight is 566 g/mol. The fourth-order valence-corrected chi connectivity index (χ4v) is 8.08. The summed E-state index contributed by atoms with van der Waals surface area (Å²) >= 11 is 0. The second kappa shape index (κ2) is 8.77. The number of fused-ring (bicyclic) bond motifs is 12. The molecule has 0 saturated heterocycles. The number of rotatable bonds is 3. The molecule has 8 nitrogen and oxygen atoms in total. The highest BCUT2D eigenvalue weighted by Gasteiger charge is 2.55. The summed E-state index contributed by atoms with van der Waals surface area (Å²) in [5.74, 6) is 1.84.